The summed E-state index contributed by atoms with van der Waals surface area (Å²) in [5.41, 5.74) is 1.09. The monoisotopic (exact) mass is 414 g/mol. The van der Waals surface area contributed by atoms with E-state index in [4.69, 9.17) is 27.9 Å². The van der Waals surface area contributed by atoms with Crippen LogP contribution in [0, 0.1) is 0 Å². The molecule has 0 aliphatic carbocycles. The second kappa shape index (κ2) is 11.2. The number of hydrogen-bond acceptors (Lipinski definition) is 3. The number of carbonyl (C=O) groups is 1. The Bertz CT molecular complexity index is 647. The van der Waals surface area contributed by atoms with Gasteiger partial charge in [0.1, 0.15) is 0 Å². The highest BCUT2D eigenvalue weighted by atomic mass is 35.5. The molecule has 0 unspecified atom stereocenters. The number of nitrogens with zero attached hydrogens (tertiary/aromatic N) is 2. The van der Waals surface area contributed by atoms with E-state index in [1.54, 1.807) is 11.0 Å². The minimum absolute atomic E-state index is 0.255. The van der Waals surface area contributed by atoms with Crippen LogP contribution in [0.15, 0.2) is 23.2 Å². The molecule has 0 bridgehead atoms. The number of aliphatic imine (C=N–C) groups is 1. The summed E-state index contributed by atoms with van der Waals surface area (Å²) in [7, 11) is 1.42. The Hall–Kier alpha value is -1.66. The number of nitrogens with one attached hydrogen (secondary N) is 2. The van der Waals surface area contributed by atoms with Crippen LogP contribution in [0.5, 0.6) is 0 Å². The second-order valence-corrected chi connectivity index (χ2v) is 7.32. The minimum atomic E-state index is -0.255. The van der Waals surface area contributed by atoms with E-state index in [2.05, 4.69) is 15.6 Å². The highest BCUT2D eigenvalue weighted by Gasteiger charge is 2.23. The van der Waals surface area contributed by atoms with Crippen molar-refractivity contribution in [3.8, 4) is 0 Å². The second-order valence-electron chi connectivity index (χ2n) is 6.48. The molecule has 2 N–H and O–H groups in total. The third kappa shape index (κ3) is 7.11. The fourth-order valence-corrected chi connectivity index (χ4v) is 3.54. The molecule has 1 amide bonds. The van der Waals surface area contributed by atoms with Gasteiger partial charge in [-0.1, -0.05) is 29.3 Å². The molecule has 150 valence electrons. The van der Waals surface area contributed by atoms with Crippen molar-refractivity contribution in [2.24, 2.45) is 4.99 Å². The fraction of sp³-hybridized carbons (Fsp3) is 0.579. The van der Waals surface area contributed by atoms with Gasteiger partial charge in [-0.05, 0) is 50.3 Å². The molecule has 2 rings (SSSR count). The quantitative estimate of drug-likeness (QED) is 0.422. The molecule has 8 heteroatoms. The first-order chi connectivity index (χ1) is 13.0. The molecule has 0 atom stereocenters. The first-order valence-corrected chi connectivity index (χ1v) is 10.1. The molecule has 27 heavy (non-hydrogen) atoms. The number of ether oxygens (including phenoxy) is 1. The van der Waals surface area contributed by atoms with Gasteiger partial charge in [0.05, 0.1) is 7.11 Å². The molecule has 1 heterocycles. The summed E-state index contributed by atoms with van der Waals surface area (Å²) < 4.78 is 4.78. The van der Waals surface area contributed by atoms with Crippen LogP contribution in [-0.2, 0) is 11.2 Å². The van der Waals surface area contributed by atoms with E-state index in [-0.39, 0.29) is 6.09 Å². The van der Waals surface area contributed by atoms with Crippen LogP contribution >= 0.6 is 23.2 Å². The van der Waals surface area contributed by atoms with Gasteiger partial charge in [0.25, 0.3) is 0 Å². The van der Waals surface area contributed by atoms with Crippen LogP contribution in [-0.4, -0.2) is 56.3 Å². The molecular weight excluding hydrogens is 387 g/mol. The maximum atomic E-state index is 11.6. The summed E-state index contributed by atoms with van der Waals surface area (Å²) in [6.07, 6.45) is 3.25. The Morgan fingerprint density at radius 3 is 2.70 bits per heavy atom. The Morgan fingerprint density at radius 1 is 1.33 bits per heavy atom. The zero-order chi connectivity index (χ0) is 19.6. The number of rotatable bonds is 6. The third-order valence-corrected chi connectivity index (χ3v) is 5.09. The molecular formula is C19H28Cl2N4O2. The molecule has 1 aliphatic rings. The van der Waals surface area contributed by atoms with Gasteiger partial charge in [0.2, 0.25) is 0 Å². The number of hydrogen-bond donors (Lipinski definition) is 2. The molecule has 1 aromatic rings. The average Bonchev–Trinajstić information content (AvgIpc) is 2.66. The number of amides is 1. The van der Waals surface area contributed by atoms with Gasteiger partial charge in [0.15, 0.2) is 5.96 Å². The first-order valence-electron chi connectivity index (χ1n) is 9.35. The van der Waals surface area contributed by atoms with Crippen molar-refractivity contribution in [2.75, 3.05) is 33.3 Å². The van der Waals surface area contributed by atoms with Crippen LogP contribution in [0.4, 0.5) is 4.79 Å². The van der Waals surface area contributed by atoms with Crippen molar-refractivity contribution in [3.63, 3.8) is 0 Å². The van der Waals surface area contributed by atoms with Crippen molar-refractivity contribution >= 4 is 35.3 Å². The van der Waals surface area contributed by atoms with E-state index < -0.39 is 0 Å². The number of halogens is 2. The number of methoxy groups -OCH3 is 1. The van der Waals surface area contributed by atoms with E-state index in [1.807, 2.05) is 19.1 Å². The van der Waals surface area contributed by atoms with Crippen LogP contribution in [0.2, 0.25) is 10.0 Å². The maximum Gasteiger partial charge on any atom is 0.409 e. The van der Waals surface area contributed by atoms with Gasteiger partial charge in [0, 0.05) is 42.3 Å². The summed E-state index contributed by atoms with van der Waals surface area (Å²) in [6.45, 7) is 4.94. The first kappa shape index (κ1) is 21.6. The number of benzene rings is 1. The van der Waals surface area contributed by atoms with Gasteiger partial charge in [-0.2, -0.15) is 0 Å². The zero-order valence-electron chi connectivity index (χ0n) is 15.9. The Labute approximate surface area is 171 Å². The van der Waals surface area contributed by atoms with Gasteiger partial charge in [-0.15, -0.1) is 0 Å². The lowest BCUT2D eigenvalue weighted by molar-refractivity contribution is 0.111. The standard InChI is InChI=1S/C19H28Cl2N4O2/c1-3-22-18(24-16-8-11-25(12-9-16)19(26)27-2)23-10-4-5-14-6-7-15(20)13-17(14)21/h6-7,13,16H,3-5,8-12H2,1-2H3,(H2,22,23,24). The van der Waals surface area contributed by atoms with Crippen LogP contribution in [0.25, 0.3) is 0 Å². The van der Waals surface area contributed by atoms with Crippen LogP contribution < -0.4 is 10.6 Å². The highest BCUT2D eigenvalue weighted by Crippen LogP contribution is 2.22. The van der Waals surface area contributed by atoms with Crippen molar-refractivity contribution in [2.45, 2.75) is 38.6 Å². The Kier molecular flexibility index (Phi) is 9.01. The Balaban J connectivity index is 1.79. The molecule has 1 aliphatic heterocycles. The zero-order valence-corrected chi connectivity index (χ0v) is 17.4. The lowest BCUT2D eigenvalue weighted by Crippen LogP contribution is -2.49. The number of guanidine groups is 1. The van der Waals surface area contributed by atoms with Gasteiger partial charge >= 0.3 is 6.09 Å². The molecule has 0 radical (unpaired) electrons. The molecule has 0 aromatic heterocycles. The van der Waals surface area contributed by atoms with E-state index in [0.717, 1.165) is 43.8 Å². The van der Waals surface area contributed by atoms with Crippen LogP contribution in [0.3, 0.4) is 0 Å². The number of aryl methyl sites for hydroxylation is 1. The molecule has 6 nitrogen and oxygen atoms in total. The van der Waals surface area contributed by atoms with Gasteiger partial charge in [-0.3, -0.25) is 4.99 Å². The number of piperidine rings is 1. The predicted octanol–water partition coefficient (Wildman–Crippen LogP) is 3.71. The lowest BCUT2D eigenvalue weighted by atomic mass is 10.1. The average molecular weight is 415 g/mol. The number of carbonyl (C=O) groups excluding carboxylic acids is 1. The van der Waals surface area contributed by atoms with Crippen molar-refractivity contribution in [1.29, 1.82) is 0 Å². The van der Waals surface area contributed by atoms with Gasteiger partial charge < -0.3 is 20.3 Å². The lowest BCUT2D eigenvalue weighted by Gasteiger charge is -2.32. The fourth-order valence-electron chi connectivity index (χ4n) is 3.03. The predicted molar refractivity (Wildman–Crippen MR) is 111 cm³/mol. The molecule has 1 saturated heterocycles. The summed E-state index contributed by atoms with van der Waals surface area (Å²) in [4.78, 5) is 18.0. The smallest absolute Gasteiger partial charge is 0.409 e. The summed E-state index contributed by atoms with van der Waals surface area (Å²) in [5, 5.41) is 8.11. The summed E-state index contributed by atoms with van der Waals surface area (Å²) >= 11 is 12.1. The Morgan fingerprint density at radius 2 is 2.07 bits per heavy atom. The van der Waals surface area contributed by atoms with Crippen molar-refractivity contribution in [3.05, 3.63) is 33.8 Å². The summed E-state index contributed by atoms with van der Waals surface area (Å²) in [6, 6.07) is 5.90. The maximum absolute atomic E-state index is 11.6. The number of likely N-dealkylation sites (tertiary alicyclic amines) is 1. The van der Waals surface area contributed by atoms with Crippen molar-refractivity contribution < 1.29 is 9.53 Å². The van der Waals surface area contributed by atoms with Crippen molar-refractivity contribution in [1.82, 2.24) is 15.5 Å². The van der Waals surface area contributed by atoms with E-state index >= 15 is 0 Å². The van der Waals surface area contributed by atoms with E-state index in [9.17, 15) is 4.79 Å². The molecule has 0 saturated carbocycles. The minimum Gasteiger partial charge on any atom is -0.453 e. The van der Waals surface area contributed by atoms with E-state index in [1.165, 1.54) is 7.11 Å². The summed E-state index contributed by atoms with van der Waals surface area (Å²) in [5.74, 6) is 0.816. The van der Waals surface area contributed by atoms with Crippen LogP contribution in [0.1, 0.15) is 31.7 Å². The SMILES string of the molecule is CCNC(=NCCCc1ccc(Cl)cc1Cl)NC1CCN(C(=O)OC)CC1. The highest BCUT2D eigenvalue weighted by molar-refractivity contribution is 6.35. The topological polar surface area (TPSA) is 66.0 Å². The molecule has 0 spiro atoms. The molecule has 1 fully saturated rings. The largest absolute Gasteiger partial charge is 0.453 e. The van der Waals surface area contributed by atoms with Gasteiger partial charge in [-0.25, -0.2) is 4.79 Å². The normalized spacial score (nSPS) is 15.6. The van der Waals surface area contributed by atoms with E-state index in [0.29, 0.717) is 35.7 Å². The molecule has 1 aromatic carbocycles. The third-order valence-electron chi connectivity index (χ3n) is 4.50.